The summed E-state index contributed by atoms with van der Waals surface area (Å²) < 4.78 is 18.6. The lowest BCUT2D eigenvalue weighted by atomic mass is 10.5. The highest BCUT2D eigenvalue weighted by atomic mass is 16.7. The van der Waals surface area contributed by atoms with E-state index in [-0.39, 0.29) is 18.3 Å². The van der Waals surface area contributed by atoms with Gasteiger partial charge in [0.2, 0.25) is 0 Å². The van der Waals surface area contributed by atoms with Crippen LogP contribution in [0.25, 0.3) is 0 Å². The second-order valence-electron chi connectivity index (χ2n) is 3.04. The summed E-state index contributed by atoms with van der Waals surface area (Å²) in [5.74, 6) is -2.14. The monoisotopic (exact) mass is 258 g/mol. The Hall–Kier alpha value is -2.31. The lowest BCUT2D eigenvalue weighted by Crippen LogP contribution is -2.09. The summed E-state index contributed by atoms with van der Waals surface area (Å²) in [6.45, 7) is 6.56. The van der Waals surface area contributed by atoms with E-state index < -0.39 is 17.9 Å². The van der Waals surface area contributed by atoms with Crippen LogP contribution in [0.15, 0.2) is 24.5 Å². The van der Waals surface area contributed by atoms with Crippen molar-refractivity contribution in [2.75, 3.05) is 6.61 Å². The highest BCUT2D eigenvalue weighted by molar-refractivity contribution is 5.67. The largest absolute Gasteiger partial charge is 0.458 e. The first-order valence-corrected chi connectivity index (χ1v) is 4.86. The van der Waals surface area contributed by atoms with Crippen molar-refractivity contribution in [3.63, 3.8) is 0 Å². The standard InChI is InChI=1S/C11H14O7/c1-7(12)15-5-11(6-16-8(2)13)18-10(4)17-9(3)14/h5H,4,6H2,1-3H3/b11-5+. The van der Waals surface area contributed by atoms with Gasteiger partial charge in [-0.25, -0.2) is 0 Å². The van der Waals surface area contributed by atoms with E-state index in [1.54, 1.807) is 0 Å². The molecular weight excluding hydrogens is 244 g/mol. The van der Waals surface area contributed by atoms with Crippen molar-refractivity contribution in [2.45, 2.75) is 20.8 Å². The number of hydrogen-bond donors (Lipinski definition) is 0. The minimum atomic E-state index is -0.626. The molecule has 0 saturated heterocycles. The summed E-state index contributed by atoms with van der Waals surface area (Å²) in [5.41, 5.74) is 0. The average Bonchev–Trinajstić information content (AvgIpc) is 2.20. The van der Waals surface area contributed by atoms with E-state index in [2.05, 4.69) is 20.8 Å². The Morgan fingerprint density at radius 3 is 2.06 bits per heavy atom. The molecule has 0 rings (SSSR count). The molecule has 0 spiro atoms. The maximum atomic E-state index is 10.6. The van der Waals surface area contributed by atoms with E-state index in [1.807, 2.05) is 0 Å². The first-order chi connectivity index (χ1) is 8.31. The molecule has 18 heavy (non-hydrogen) atoms. The Bertz CT molecular complexity index is 381. The summed E-state index contributed by atoms with van der Waals surface area (Å²) in [6.07, 6.45) is 0.931. The number of esters is 3. The van der Waals surface area contributed by atoms with Gasteiger partial charge in [-0.2, -0.15) is 0 Å². The zero-order valence-electron chi connectivity index (χ0n) is 10.3. The van der Waals surface area contributed by atoms with Crippen LogP contribution in [-0.2, 0) is 33.3 Å². The molecule has 0 aliphatic carbocycles. The summed E-state index contributed by atoms with van der Waals surface area (Å²) in [6, 6.07) is 0. The molecule has 7 nitrogen and oxygen atoms in total. The molecule has 0 amide bonds. The zero-order valence-corrected chi connectivity index (χ0v) is 10.3. The summed E-state index contributed by atoms with van der Waals surface area (Å²) in [7, 11) is 0. The van der Waals surface area contributed by atoms with Crippen molar-refractivity contribution in [1.29, 1.82) is 0 Å². The Morgan fingerprint density at radius 1 is 1.00 bits per heavy atom. The lowest BCUT2D eigenvalue weighted by molar-refractivity contribution is -0.145. The molecule has 0 aromatic rings. The number of ether oxygens (including phenoxy) is 4. The number of carbonyl (C=O) groups excluding carboxylic acids is 3. The maximum Gasteiger partial charge on any atom is 0.310 e. The van der Waals surface area contributed by atoms with Gasteiger partial charge in [-0.05, 0) is 6.58 Å². The van der Waals surface area contributed by atoms with Crippen molar-refractivity contribution < 1.29 is 33.3 Å². The van der Waals surface area contributed by atoms with Gasteiger partial charge in [0.1, 0.15) is 6.26 Å². The molecule has 0 fully saturated rings. The Balaban J connectivity index is 4.50. The van der Waals surface area contributed by atoms with Gasteiger partial charge in [-0.15, -0.1) is 0 Å². The fraction of sp³-hybridized carbons (Fsp3) is 0.364. The smallest absolute Gasteiger partial charge is 0.310 e. The van der Waals surface area contributed by atoms with Gasteiger partial charge < -0.3 is 18.9 Å². The highest BCUT2D eigenvalue weighted by Crippen LogP contribution is 2.08. The molecule has 0 radical (unpaired) electrons. The van der Waals surface area contributed by atoms with E-state index in [0.717, 1.165) is 13.2 Å². The van der Waals surface area contributed by atoms with E-state index in [4.69, 9.17) is 4.74 Å². The van der Waals surface area contributed by atoms with E-state index >= 15 is 0 Å². The van der Waals surface area contributed by atoms with Crippen molar-refractivity contribution >= 4 is 17.9 Å². The molecule has 0 unspecified atom stereocenters. The fourth-order valence-corrected chi connectivity index (χ4v) is 0.736. The molecular formula is C11H14O7. The molecule has 0 bridgehead atoms. The molecule has 0 aliphatic heterocycles. The Labute approximate surface area is 104 Å². The van der Waals surface area contributed by atoms with Crippen LogP contribution < -0.4 is 0 Å². The average molecular weight is 258 g/mol. The topological polar surface area (TPSA) is 88.1 Å². The SMILES string of the molecule is C=C(OC(C)=O)O/C(=C/OC(C)=O)COC(C)=O. The van der Waals surface area contributed by atoms with E-state index in [9.17, 15) is 14.4 Å². The Morgan fingerprint density at radius 2 is 1.61 bits per heavy atom. The number of carbonyl (C=O) groups is 3. The van der Waals surface area contributed by atoms with Crippen LogP contribution >= 0.6 is 0 Å². The molecule has 0 atom stereocenters. The van der Waals surface area contributed by atoms with Gasteiger partial charge in [0.05, 0.1) is 0 Å². The predicted molar refractivity (Wildman–Crippen MR) is 58.5 cm³/mol. The normalized spacial score (nSPS) is 10.3. The van der Waals surface area contributed by atoms with Gasteiger partial charge in [0, 0.05) is 20.8 Å². The van der Waals surface area contributed by atoms with Gasteiger partial charge in [0.15, 0.2) is 12.4 Å². The van der Waals surface area contributed by atoms with E-state index in [1.165, 1.54) is 13.8 Å². The van der Waals surface area contributed by atoms with Gasteiger partial charge in [-0.1, -0.05) is 0 Å². The minimum absolute atomic E-state index is 0.0494. The van der Waals surface area contributed by atoms with Crippen molar-refractivity contribution in [3.8, 4) is 0 Å². The second kappa shape index (κ2) is 7.88. The third kappa shape index (κ3) is 8.96. The van der Waals surface area contributed by atoms with Crippen molar-refractivity contribution in [3.05, 3.63) is 24.5 Å². The molecule has 0 N–H and O–H groups in total. The third-order valence-electron chi connectivity index (χ3n) is 1.28. The first-order valence-electron chi connectivity index (χ1n) is 4.86. The van der Waals surface area contributed by atoms with E-state index in [0.29, 0.717) is 0 Å². The summed E-state index contributed by atoms with van der Waals surface area (Å²) >= 11 is 0. The van der Waals surface area contributed by atoms with Crippen LogP contribution in [0, 0.1) is 0 Å². The molecule has 0 saturated carbocycles. The summed E-state index contributed by atoms with van der Waals surface area (Å²) in [4.78, 5) is 31.9. The maximum absolute atomic E-state index is 10.6. The molecule has 0 heterocycles. The van der Waals surface area contributed by atoms with Crippen LogP contribution in [0.2, 0.25) is 0 Å². The fourth-order valence-electron chi connectivity index (χ4n) is 0.736. The molecule has 100 valence electrons. The molecule has 0 aliphatic rings. The quantitative estimate of drug-likeness (QED) is 0.399. The molecule has 0 aromatic heterocycles. The van der Waals surface area contributed by atoms with Crippen molar-refractivity contribution in [1.82, 2.24) is 0 Å². The zero-order chi connectivity index (χ0) is 14.1. The van der Waals surface area contributed by atoms with Crippen molar-refractivity contribution in [2.24, 2.45) is 0 Å². The van der Waals surface area contributed by atoms with Gasteiger partial charge in [0.25, 0.3) is 5.95 Å². The van der Waals surface area contributed by atoms with Gasteiger partial charge >= 0.3 is 17.9 Å². The third-order valence-corrected chi connectivity index (χ3v) is 1.28. The van der Waals surface area contributed by atoms with Crippen LogP contribution in [0.3, 0.4) is 0 Å². The lowest BCUT2D eigenvalue weighted by Gasteiger charge is -2.10. The number of hydrogen-bond acceptors (Lipinski definition) is 7. The van der Waals surface area contributed by atoms with Crippen LogP contribution in [0.5, 0.6) is 0 Å². The van der Waals surface area contributed by atoms with Crippen LogP contribution in [0.1, 0.15) is 20.8 Å². The number of rotatable bonds is 6. The summed E-state index contributed by atoms with van der Waals surface area (Å²) in [5, 5.41) is 0. The Kier molecular flexibility index (Phi) is 6.87. The minimum Gasteiger partial charge on any atom is -0.458 e. The molecule has 0 aromatic carbocycles. The second-order valence-corrected chi connectivity index (χ2v) is 3.04. The van der Waals surface area contributed by atoms with Gasteiger partial charge in [-0.3, -0.25) is 14.4 Å². The highest BCUT2D eigenvalue weighted by Gasteiger charge is 2.08. The first kappa shape index (κ1) is 15.7. The molecule has 7 heteroatoms. The van der Waals surface area contributed by atoms with Crippen LogP contribution in [-0.4, -0.2) is 24.5 Å². The predicted octanol–water partition coefficient (Wildman–Crippen LogP) is 1.00. The van der Waals surface area contributed by atoms with Crippen LogP contribution in [0.4, 0.5) is 0 Å².